The van der Waals surface area contributed by atoms with E-state index in [0.717, 1.165) is 18.7 Å². The minimum atomic E-state index is 0.557. The Hall–Kier alpha value is -1.54. The Balaban J connectivity index is 1.95. The molecule has 2 heteroatoms. The lowest BCUT2D eigenvalue weighted by Crippen LogP contribution is -2.29. The first-order valence-electron chi connectivity index (χ1n) is 6.65. The third kappa shape index (κ3) is 3.23. The van der Waals surface area contributed by atoms with Crippen molar-refractivity contribution in [3.05, 3.63) is 42.5 Å². The molecule has 0 aliphatic heterocycles. The molecule has 18 heavy (non-hydrogen) atoms. The largest absolute Gasteiger partial charge is 0.492 e. The van der Waals surface area contributed by atoms with Gasteiger partial charge < -0.3 is 10.1 Å². The van der Waals surface area contributed by atoms with Gasteiger partial charge in [-0.1, -0.05) is 43.3 Å². The molecule has 0 bridgehead atoms. The van der Waals surface area contributed by atoms with Crippen molar-refractivity contribution < 1.29 is 4.74 Å². The van der Waals surface area contributed by atoms with Gasteiger partial charge >= 0.3 is 0 Å². The van der Waals surface area contributed by atoms with Gasteiger partial charge in [-0.3, -0.25) is 0 Å². The van der Waals surface area contributed by atoms with E-state index in [1.54, 1.807) is 0 Å². The van der Waals surface area contributed by atoms with Crippen molar-refractivity contribution in [2.75, 3.05) is 13.2 Å². The molecule has 96 valence electrons. The molecule has 0 heterocycles. The molecule has 1 N–H and O–H groups in total. The molecular formula is C16H21NO. The van der Waals surface area contributed by atoms with Crippen LogP contribution in [0.4, 0.5) is 0 Å². The fourth-order valence-electron chi connectivity index (χ4n) is 1.93. The van der Waals surface area contributed by atoms with E-state index in [2.05, 4.69) is 43.4 Å². The van der Waals surface area contributed by atoms with Gasteiger partial charge in [-0.2, -0.15) is 0 Å². The van der Waals surface area contributed by atoms with Crippen molar-refractivity contribution in [2.24, 2.45) is 0 Å². The minimum Gasteiger partial charge on any atom is -0.492 e. The molecule has 2 aromatic carbocycles. The summed E-state index contributed by atoms with van der Waals surface area (Å²) in [6, 6.07) is 15.1. The average molecular weight is 243 g/mol. The van der Waals surface area contributed by atoms with Gasteiger partial charge in [-0.15, -0.1) is 0 Å². The Morgan fingerprint density at radius 1 is 1.11 bits per heavy atom. The summed E-state index contributed by atoms with van der Waals surface area (Å²) in [5.74, 6) is 0.971. The maximum Gasteiger partial charge on any atom is 0.127 e. The van der Waals surface area contributed by atoms with Crippen LogP contribution in [-0.4, -0.2) is 19.2 Å². The number of benzene rings is 2. The summed E-state index contributed by atoms with van der Waals surface area (Å²) in [7, 11) is 0. The van der Waals surface area contributed by atoms with E-state index >= 15 is 0 Å². The highest BCUT2D eigenvalue weighted by atomic mass is 16.5. The van der Waals surface area contributed by atoms with Crippen molar-refractivity contribution >= 4 is 10.8 Å². The molecule has 0 radical (unpaired) electrons. The van der Waals surface area contributed by atoms with Crippen molar-refractivity contribution in [3.63, 3.8) is 0 Å². The lowest BCUT2D eigenvalue weighted by molar-refractivity contribution is 0.309. The maximum absolute atomic E-state index is 5.85. The van der Waals surface area contributed by atoms with E-state index in [1.807, 2.05) is 18.2 Å². The number of rotatable bonds is 6. The van der Waals surface area contributed by atoms with Crippen LogP contribution in [0.1, 0.15) is 20.3 Å². The van der Waals surface area contributed by atoms with Crippen LogP contribution in [0.3, 0.4) is 0 Å². The lowest BCUT2D eigenvalue weighted by Gasteiger charge is -2.13. The van der Waals surface area contributed by atoms with E-state index in [0.29, 0.717) is 12.6 Å². The molecule has 0 aliphatic carbocycles. The number of nitrogens with one attached hydrogen (secondary N) is 1. The van der Waals surface area contributed by atoms with Gasteiger partial charge in [0.15, 0.2) is 0 Å². The first kappa shape index (κ1) is 12.9. The Labute approximate surface area is 109 Å². The molecule has 0 saturated carbocycles. The first-order chi connectivity index (χ1) is 8.81. The molecule has 0 fully saturated rings. The Kier molecular flexibility index (Phi) is 4.59. The summed E-state index contributed by atoms with van der Waals surface area (Å²) in [5.41, 5.74) is 0. The van der Waals surface area contributed by atoms with Gasteiger partial charge in [0.1, 0.15) is 12.4 Å². The summed E-state index contributed by atoms with van der Waals surface area (Å²) < 4.78 is 5.85. The predicted molar refractivity (Wildman–Crippen MR) is 77.2 cm³/mol. The van der Waals surface area contributed by atoms with Crippen LogP contribution in [0.25, 0.3) is 10.8 Å². The number of hydrogen-bond donors (Lipinski definition) is 1. The zero-order chi connectivity index (χ0) is 12.8. The van der Waals surface area contributed by atoms with E-state index in [1.165, 1.54) is 10.8 Å². The van der Waals surface area contributed by atoms with Gasteiger partial charge in [0.25, 0.3) is 0 Å². The average Bonchev–Trinajstić information content (AvgIpc) is 2.43. The highest BCUT2D eigenvalue weighted by molar-refractivity contribution is 5.88. The monoisotopic (exact) mass is 243 g/mol. The normalized spacial score (nSPS) is 12.6. The van der Waals surface area contributed by atoms with Crippen molar-refractivity contribution in [3.8, 4) is 5.75 Å². The molecular weight excluding hydrogens is 222 g/mol. The van der Waals surface area contributed by atoms with Gasteiger partial charge in [0.05, 0.1) is 0 Å². The first-order valence-corrected chi connectivity index (χ1v) is 6.65. The van der Waals surface area contributed by atoms with Crippen molar-refractivity contribution in [1.82, 2.24) is 5.32 Å². The second kappa shape index (κ2) is 6.41. The SMILES string of the molecule is CCC(C)NCCOc1cccc2ccccc12. The van der Waals surface area contributed by atoms with Crippen molar-refractivity contribution in [2.45, 2.75) is 26.3 Å². The van der Waals surface area contributed by atoms with Crippen LogP contribution in [-0.2, 0) is 0 Å². The zero-order valence-corrected chi connectivity index (χ0v) is 11.1. The summed E-state index contributed by atoms with van der Waals surface area (Å²) in [6.45, 7) is 5.97. The molecule has 0 aliphatic rings. The van der Waals surface area contributed by atoms with Crippen LogP contribution in [0.2, 0.25) is 0 Å². The van der Waals surface area contributed by atoms with Gasteiger partial charge in [0, 0.05) is 18.0 Å². The highest BCUT2D eigenvalue weighted by Crippen LogP contribution is 2.24. The lowest BCUT2D eigenvalue weighted by atomic mass is 10.1. The fourth-order valence-corrected chi connectivity index (χ4v) is 1.93. The summed E-state index contributed by atoms with van der Waals surface area (Å²) in [5, 5.41) is 5.84. The molecule has 0 saturated heterocycles. The number of hydrogen-bond acceptors (Lipinski definition) is 2. The van der Waals surface area contributed by atoms with Crippen LogP contribution in [0, 0.1) is 0 Å². The van der Waals surface area contributed by atoms with Crippen LogP contribution in [0.5, 0.6) is 5.75 Å². The molecule has 2 rings (SSSR count). The topological polar surface area (TPSA) is 21.3 Å². The number of ether oxygens (including phenoxy) is 1. The zero-order valence-electron chi connectivity index (χ0n) is 11.1. The van der Waals surface area contributed by atoms with Gasteiger partial charge in [-0.25, -0.2) is 0 Å². The van der Waals surface area contributed by atoms with Gasteiger partial charge in [-0.05, 0) is 24.8 Å². The van der Waals surface area contributed by atoms with Crippen LogP contribution < -0.4 is 10.1 Å². The third-order valence-corrected chi connectivity index (χ3v) is 3.21. The fraction of sp³-hybridized carbons (Fsp3) is 0.375. The van der Waals surface area contributed by atoms with E-state index in [4.69, 9.17) is 4.74 Å². The molecule has 1 atom stereocenters. The second-order valence-electron chi connectivity index (χ2n) is 4.59. The standard InChI is InChI=1S/C16H21NO/c1-3-13(2)17-11-12-18-16-10-6-8-14-7-4-5-9-15(14)16/h4-10,13,17H,3,11-12H2,1-2H3. The highest BCUT2D eigenvalue weighted by Gasteiger charge is 2.01. The van der Waals surface area contributed by atoms with E-state index in [-0.39, 0.29) is 0 Å². The molecule has 2 nitrogen and oxygen atoms in total. The summed E-state index contributed by atoms with van der Waals surface area (Å²) >= 11 is 0. The van der Waals surface area contributed by atoms with E-state index in [9.17, 15) is 0 Å². The van der Waals surface area contributed by atoms with Crippen molar-refractivity contribution in [1.29, 1.82) is 0 Å². The van der Waals surface area contributed by atoms with Crippen LogP contribution in [0.15, 0.2) is 42.5 Å². The van der Waals surface area contributed by atoms with Gasteiger partial charge in [0.2, 0.25) is 0 Å². The third-order valence-electron chi connectivity index (χ3n) is 3.21. The summed E-state index contributed by atoms with van der Waals surface area (Å²) in [4.78, 5) is 0. The minimum absolute atomic E-state index is 0.557. The molecule has 1 unspecified atom stereocenters. The molecule has 0 amide bonds. The molecule has 0 spiro atoms. The van der Waals surface area contributed by atoms with Crippen LogP contribution >= 0.6 is 0 Å². The Morgan fingerprint density at radius 2 is 1.89 bits per heavy atom. The Morgan fingerprint density at radius 3 is 2.72 bits per heavy atom. The smallest absolute Gasteiger partial charge is 0.127 e. The molecule has 0 aromatic heterocycles. The quantitative estimate of drug-likeness (QED) is 0.783. The van der Waals surface area contributed by atoms with E-state index < -0.39 is 0 Å². The maximum atomic E-state index is 5.85. The Bertz CT molecular complexity index is 490. The number of fused-ring (bicyclic) bond motifs is 1. The predicted octanol–water partition coefficient (Wildman–Crippen LogP) is 3.61. The second-order valence-corrected chi connectivity index (χ2v) is 4.59. The molecule has 2 aromatic rings. The summed E-state index contributed by atoms with van der Waals surface area (Å²) in [6.07, 6.45) is 1.15.